The third kappa shape index (κ3) is 5.52. The minimum absolute atomic E-state index is 0.00628. The van der Waals surface area contributed by atoms with E-state index in [1.165, 1.54) is 6.92 Å². The highest BCUT2D eigenvalue weighted by Gasteiger charge is 2.09. The zero-order chi connectivity index (χ0) is 14.3. The van der Waals surface area contributed by atoms with E-state index >= 15 is 0 Å². The molecule has 2 amide bonds. The molecule has 1 unspecified atom stereocenters. The van der Waals surface area contributed by atoms with Crippen LogP contribution in [0.4, 0.5) is 5.69 Å². The Hall–Kier alpha value is -1.88. The first-order valence-corrected chi connectivity index (χ1v) is 6.34. The van der Waals surface area contributed by atoms with Gasteiger partial charge in [-0.15, -0.1) is 0 Å². The molecule has 0 radical (unpaired) electrons. The van der Waals surface area contributed by atoms with Gasteiger partial charge in [-0.2, -0.15) is 0 Å². The van der Waals surface area contributed by atoms with Crippen LogP contribution in [-0.2, 0) is 9.59 Å². The second-order valence-corrected chi connectivity index (χ2v) is 4.45. The molecule has 104 valence electrons. The molecule has 5 nitrogen and oxygen atoms in total. The number of rotatable bonds is 6. The van der Waals surface area contributed by atoms with Gasteiger partial charge in [-0.25, -0.2) is 0 Å². The first kappa shape index (κ1) is 15.2. The quantitative estimate of drug-likeness (QED) is 0.727. The second kappa shape index (κ2) is 7.53. The van der Waals surface area contributed by atoms with Crippen LogP contribution in [0.3, 0.4) is 0 Å². The molecule has 1 rings (SSSR count). The highest BCUT2D eigenvalue weighted by atomic mass is 16.2. The van der Waals surface area contributed by atoms with Gasteiger partial charge in [0.05, 0.1) is 6.04 Å². The number of carbonyl (C=O) groups excluding carboxylic acids is 2. The van der Waals surface area contributed by atoms with Crippen LogP contribution in [-0.4, -0.2) is 25.4 Å². The van der Waals surface area contributed by atoms with Crippen molar-refractivity contribution in [3.63, 3.8) is 0 Å². The first-order valence-electron chi connectivity index (χ1n) is 6.34. The molecular formula is C14H21N3O2. The average molecular weight is 263 g/mol. The van der Waals surface area contributed by atoms with Crippen molar-refractivity contribution in [1.82, 2.24) is 10.6 Å². The van der Waals surface area contributed by atoms with Crippen molar-refractivity contribution in [3.8, 4) is 0 Å². The number of hydrogen-bond acceptors (Lipinski definition) is 3. The maximum atomic E-state index is 11.6. The van der Waals surface area contributed by atoms with Crippen LogP contribution < -0.4 is 16.0 Å². The lowest BCUT2D eigenvalue weighted by Crippen LogP contribution is -2.29. The normalized spacial score (nSPS) is 11.7. The van der Waals surface area contributed by atoms with Gasteiger partial charge in [-0.1, -0.05) is 12.1 Å². The standard InChI is InChI=1S/C14H21N3O2/c1-10(16-14(19)7-8-15-3)12-5-4-6-13(9-12)17-11(2)18/h4-6,9-10,15H,7-8H2,1-3H3,(H,16,19)(H,17,18). The number of amides is 2. The van der Waals surface area contributed by atoms with E-state index in [0.29, 0.717) is 13.0 Å². The number of hydrogen-bond donors (Lipinski definition) is 3. The molecule has 0 aliphatic carbocycles. The third-order valence-corrected chi connectivity index (χ3v) is 2.69. The molecule has 0 saturated heterocycles. The molecule has 1 atom stereocenters. The smallest absolute Gasteiger partial charge is 0.221 e. The van der Waals surface area contributed by atoms with Gasteiger partial charge in [0.1, 0.15) is 0 Å². The van der Waals surface area contributed by atoms with Gasteiger partial charge in [-0.3, -0.25) is 9.59 Å². The van der Waals surface area contributed by atoms with E-state index in [1.54, 1.807) is 0 Å². The number of benzene rings is 1. The Morgan fingerprint density at radius 2 is 2.05 bits per heavy atom. The van der Waals surface area contributed by atoms with Gasteiger partial charge in [0.25, 0.3) is 0 Å². The zero-order valence-corrected chi connectivity index (χ0v) is 11.6. The van der Waals surface area contributed by atoms with Gasteiger partial charge in [0, 0.05) is 25.6 Å². The summed E-state index contributed by atoms with van der Waals surface area (Å²) in [6.07, 6.45) is 0.451. The zero-order valence-electron chi connectivity index (χ0n) is 11.6. The van der Waals surface area contributed by atoms with Crippen molar-refractivity contribution in [1.29, 1.82) is 0 Å². The number of nitrogens with one attached hydrogen (secondary N) is 3. The lowest BCUT2D eigenvalue weighted by Gasteiger charge is -2.15. The SMILES string of the molecule is CNCCC(=O)NC(C)c1cccc(NC(C)=O)c1. The highest BCUT2D eigenvalue weighted by Crippen LogP contribution is 2.17. The molecule has 1 aromatic rings. The molecule has 3 N–H and O–H groups in total. The Bertz CT molecular complexity index is 446. The minimum Gasteiger partial charge on any atom is -0.350 e. The van der Waals surface area contributed by atoms with Gasteiger partial charge in [0.15, 0.2) is 0 Å². The summed E-state index contributed by atoms with van der Waals surface area (Å²) < 4.78 is 0. The van der Waals surface area contributed by atoms with Crippen molar-refractivity contribution in [3.05, 3.63) is 29.8 Å². The molecule has 5 heteroatoms. The fourth-order valence-corrected chi connectivity index (χ4v) is 1.72. The van der Waals surface area contributed by atoms with Crippen molar-refractivity contribution in [2.45, 2.75) is 26.3 Å². The van der Waals surface area contributed by atoms with Crippen LogP contribution in [0.25, 0.3) is 0 Å². The number of carbonyl (C=O) groups is 2. The largest absolute Gasteiger partial charge is 0.350 e. The molecule has 1 aromatic carbocycles. The van der Waals surface area contributed by atoms with Gasteiger partial charge >= 0.3 is 0 Å². The highest BCUT2D eigenvalue weighted by molar-refractivity contribution is 5.88. The molecule has 0 aliphatic rings. The van der Waals surface area contributed by atoms with Crippen molar-refractivity contribution >= 4 is 17.5 Å². The Balaban J connectivity index is 2.63. The van der Waals surface area contributed by atoms with E-state index in [1.807, 2.05) is 38.2 Å². The summed E-state index contributed by atoms with van der Waals surface area (Å²) in [5.74, 6) is -0.102. The van der Waals surface area contributed by atoms with Crippen molar-refractivity contribution in [2.24, 2.45) is 0 Å². The van der Waals surface area contributed by atoms with Gasteiger partial charge < -0.3 is 16.0 Å². The second-order valence-electron chi connectivity index (χ2n) is 4.45. The summed E-state index contributed by atoms with van der Waals surface area (Å²) in [7, 11) is 1.81. The molecule has 0 aliphatic heterocycles. The molecular weight excluding hydrogens is 242 g/mol. The lowest BCUT2D eigenvalue weighted by molar-refractivity contribution is -0.121. The fourth-order valence-electron chi connectivity index (χ4n) is 1.72. The van der Waals surface area contributed by atoms with E-state index in [0.717, 1.165) is 11.3 Å². The summed E-state index contributed by atoms with van der Waals surface area (Å²) in [6.45, 7) is 4.05. The van der Waals surface area contributed by atoms with Crippen LogP contribution >= 0.6 is 0 Å². The van der Waals surface area contributed by atoms with Crippen LogP contribution in [0, 0.1) is 0 Å². The molecule has 0 heterocycles. The minimum atomic E-state index is -0.108. The topological polar surface area (TPSA) is 70.2 Å². The monoisotopic (exact) mass is 263 g/mol. The maximum absolute atomic E-state index is 11.6. The maximum Gasteiger partial charge on any atom is 0.221 e. The summed E-state index contributed by atoms with van der Waals surface area (Å²) in [5, 5.41) is 8.58. The molecule has 0 bridgehead atoms. The van der Waals surface area contributed by atoms with Crippen LogP contribution in [0.15, 0.2) is 24.3 Å². The Morgan fingerprint density at radius 1 is 1.32 bits per heavy atom. The molecule has 0 aromatic heterocycles. The molecule has 0 fully saturated rings. The predicted molar refractivity (Wildman–Crippen MR) is 75.8 cm³/mol. The Kier molecular flexibility index (Phi) is 6.02. The average Bonchev–Trinajstić information content (AvgIpc) is 2.35. The first-order chi connectivity index (χ1) is 9.02. The molecule has 0 saturated carbocycles. The van der Waals surface area contributed by atoms with E-state index in [9.17, 15) is 9.59 Å². The van der Waals surface area contributed by atoms with E-state index in [4.69, 9.17) is 0 Å². The van der Waals surface area contributed by atoms with Gasteiger partial charge in [0.2, 0.25) is 11.8 Å². The molecule has 19 heavy (non-hydrogen) atoms. The van der Waals surface area contributed by atoms with Crippen LogP contribution in [0.1, 0.15) is 31.9 Å². The molecule has 0 spiro atoms. The Labute approximate surface area is 113 Å². The summed E-state index contributed by atoms with van der Waals surface area (Å²) in [4.78, 5) is 22.6. The third-order valence-electron chi connectivity index (χ3n) is 2.69. The summed E-state index contributed by atoms with van der Waals surface area (Å²) >= 11 is 0. The summed E-state index contributed by atoms with van der Waals surface area (Å²) in [6, 6.07) is 7.38. The van der Waals surface area contributed by atoms with Crippen molar-refractivity contribution in [2.75, 3.05) is 18.9 Å². The van der Waals surface area contributed by atoms with E-state index in [-0.39, 0.29) is 17.9 Å². The fraction of sp³-hybridized carbons (Fsp3) is 0.429. The summed E-state index contributed by atoms with van der Waals surface area (Å²) in [5.41, 5.74) is 1.70. The van der Waals surface area contributed by atoms with E-state index in [2.05, 4.69) is 16.0 Å². The van der Waals surface area contributed by atoms with Crippen molar-refractivity contribution < 1.29 is 9.59 Å². The number of anilines is 1. The Morgan fingerprint density at radius 3 is 2.68 bits per heavy atom. The van der Waals surface area contributed by atoms with Crippen LogP contribution in [0.5, 0.6) is 0 Å². The predicted octanol–water partition coefficient (Wildman–Crippen LogP) is 1.43. The lowest BCUT2D eigenvalue weighted by atomic mass is 10.1. The van der Waals surface area contributed by atoms with E-state index < -0.39 is 0 Å². The van der Waals surface area contributed by atoms with Crippen LogP contribution in [0.2, 0.25) is 0 Å². The van der Waals surface area contributed by atoms with Gasteiger partial charge in [-0.05, 0) is 31.7 Å².